The van der Waals surface area contributed by atoms with E-state index in [2.05, 4.69) is 20.9 Å². The first-order valence-corrected chi connectivity index (χ1v) is 14.3. The van der Waals surface area contributed by atoms with Crippen LogP contribution in [-0.2, 0) is 28.8 Å². The Morgan fingerprint density at radius 3 is 2.14 bits per heavy atom. The molecule has 17 heteroatoms. The van der Waals surface area contributed by atoms with Crippen LogP contribution >= 0.6 is 0 Å². The standard InChI is InChI=1S/C26H46N8O9/c1-4-13(2)19(27)23(40)31-15(9-10-18(36)37)21(38)32-16(7-5-11-30-26(28)29)24(41)34-12-6-8-17(34)22(39)33-20(14(3)35)25(42)43/h13-17,19-20,35H,4-12,27H2,1-3H3,(H,31,40)(H,32,38)(H,33,39)(H,36,37)(H,42,43)(H4,28,29,30)/t13-,14+,15-,16-,17-,19-,20-/m0/s1. The predicted molar refractivity (Wildman–Crippen MR) is 154 cm³/mol. The van der Waals surface area contributed by atoms with Crippen molar-refractivity contribution in [2.24, 2.45) is 28.1 Å². The van der Waals surface area contributed by atoms with Gasteiger partial charge in [-0.25, -0.2) is 4.79 Å². The zero-order valence-electron chi connectivity index (χ0n) is 24.8. The van der Waals surface area contributed by atoms with Crippen molar-refractivity contribution in [3.8, 4) is 0 Å². The lowest BCUT2D eigenvalue weighted by Crippen LogP contribution is -2.59. The Bertz CT molecular complexity index is 1030. The van der Waals surface area contributed by atoms with Crippen molar-refractivity contribution in [3.63, 3.8) is 0 Å². The lowest BCUT2D eigenvalue weighted by Gasteiger charge is -2.31. The first-order chi connectivity index (χ1) is 20.1. The van der Waals surface area contributed by atoms with Gasteiger partial charge in [0.25, 0.3) is 0 Å². The summed E-state index contributed by atoms with van der Waals surface area (Å²) in [6.07, 6.45) is -0.680. The second-order valence-electron chi connectivity index (χ2n) is 10.7. The molecule has 0 saturated carbocycles. The number of rotatable bonds is 18. The maximum atomic E-state index is 13.7. The number of aliphatic imine (C=N–C) groups is 1. The summed E-state index contributed by atoms with van der Waals surface area (Å²) >= 11 is 0. The summed E-state index contributed by atoms with van der Waals surface area (Å²) in [5.41, 5.74) is 16.7. The molecule has 0 radical (unpaired) electrons. The van der Waals surface area contributed by atoms with Crippen molar-refractivity contribution < 1.29 is 44.1 Å². The number of hydrogen-bond donors (Lipinski definition) is 9. The van der Waals surface area contributed by atoms with E-state index >= 15 is 0 Å². The summed E-state index contributed by atoms with van der Waals surface area (Å²) in [6, 6.07) is -6.18. The average molecular weight is 615 g/mol. The lowest BCUT2D eigenvalue weighted by atomic mass is 9.98. The fraction of sp³-hybridized carbons (Fsp3) is 0.731. The molecule has 1 heterocycles. The number of nitrogens with zero attached hydrogens (tertiary/aromatic N) is 2. The number of carbonyl (C=O) groups excluding carboxylic acids is 4. The summed E-state index contributed by atoms with van der Waals surface area (Å²) in [7, 11) is 0. The molecule has 1 rings (SSSR count). The van der Waals surface area contributed by atoms with Gasteiger partial charge in [0.15, 0.2) is 12.0 Å². The molecule has 1 aliphatic heterocycles. The fourth-order valence-corrected chi connectivity index (χ4v) is 4.49. The summed E-state index contributed by atoms with van der Waals surface area (Å²) in [5, 5.41) is 35.6. The van der Waals surface area contributed by atoms with E-state index in [4.69, 9.17) is 17.2 Å². The van der Waals surface area contributed by atoms with Crippen LogP contribution in [0.3, 0.4) is 0 Å². The Morgan fingerprint density at radius 1 is 0.977 bits per heavy atom. The third kappa shape index (κ3) is 12.0. The molecule has 1 fully saturated rings. The van der Waals surface area contributed by atoms with Gasteiger partial charge in [-0.05, 0) is 44.9 Å². The average Bonchev–Trinajstić information content (AvgIpc) is 3.43. The van der Waals surface area contributed by atoms with E-state index in [-0.39, 0.29) is 50.7 Å². The van der Waals surface area contributed by atoms with Crippen LogP contribution in [0.25, 0.3) is 0 Å². The van der Waals surface area contributed by atoms with E-state index in [1.54, 1.807) is 6.92 Å². The molecule has 0 spiro atoms. The SMILES string of the molecule is CC[C@H](C)[C@H](N)C(=O)N[C@@H](CCC(=O)O)C(=O)N[C@@H](CCCN=C(N)N)C(=O)N1CCC[C@H]1C(=O)N[C@H](C(=O)O)[C@@H](C)O. The molecule has 12 N–H and O–H groups in total. The number of aliphatic hydroxyl groups is 1. The summed E-state index contributed by atoms with van der Waals surface area (Å²) in [5.74, 6) is -5.97. The van der Waals surface area contributed by atoms with E-state index in [1.165, 1.54) is 11.8 Å². The van der Waals surface area contributed by atoms with E-state index in [9.17, 15) is 44.1 Å². The minimum Gasteiger partial charge on any atom is -0.481 e. The van der Waals surface area contributed by atoms with Gasteiger partial charge in [-0.1, -0.05) is 20.3 Å². The van der Waals surface area contributed by atoms with E-state index < -0.39 is 78.3 Å². The van der Waals surface area contributed by atoms with Gasteiger partial charge in [0.2, 0.25) is 23.6 Å². The third-order valence-corrected chi connectivity index (χ3v) is 7.28. The Morgan fingerprint density at radius 2 is 1.60 bits per heavy atom. The number of carboxylic acid groups (broad SMARTS) is 2. The molecule has 0 bridgehead atoms. The summed E-state index contributed by atoms with van der Waals surface area (Å²) in [4.78, 5) is 80.5. The third-order valence-electron chi connectivity index (χ3n) is 7.28. The van der Waals surface area contributed by atoms with Crippen molar-refractivity contribution >= 4 is 41.5 Å². The number of guanidine groups is 1. The Hall–Kier alpha value is -3.99. The highest BCUT2D eigenvalue weighted by atomic mass is 16.4. The van der Waals surface area contributed by atoms with E-state index in [0.29, 0.717) is 12.8 Å². The fourth-order valence-electron chi connectivity index (χ4n) is 4.49. The molecule has 4 amide bonds. The zero-order valence-corrected chi connectivity index (χ0v) is 24.8. The van der Waals surface area contributed by atoms with E-state index in [0.717, 1.165) is 0 Å². The van der Waals surface area contributed by atoms with Crippen LogP contribution in [0.4, 0.5) is 0 Å². The molecule has 17 nitrogen and oxygen atoms in total. The molecule has 0 aromatic heterocycles. The van der Waals surface area contributed by atoms with Crippen LogP contribution in [0.5, 0.6) is 0 Å². The second kappa shape index (κ2) is 17.8. The predicted octanol–water partition coefficient (Wildman–Crippen LogP) is -2.81. The van der Waals surface area contributed by atoms with Gasteiger partial charge in [0.1, 0.15) is 18.1 Å². The van der Waals surface area contributed by atoms with Gasteiger partial charge >= 0.3 is 11.9 Å². The van der Waals surface area contributed by atoms with Crippen LogP contribution in [0.15, 0.2) is 4.99 Å². The van der Waals surface area contributed by atoms with Gasteiger partial charge in [-0.2, -0.15) is 0 Å². The topological polar surface area (TPSA) is 293 Å². The Balaban J connectivity index is 3.22. The van der Waals surface area contributed by atoms with E-state index in [1.807, 2.05) is 6.92 Å². The number of nitrogens with two attached hydrogens (primary N) is 3. The number of likely N-dealkylation sites (tertiary alicyclic amines) is 1. The Kier molecular flexibility index (Phi) is 15.4. The highest BCUT2D eigenvalue weighted by Crippen LogP contribution is 2.20. The van der Waals surface area contributed by atoms with Gasteiger partial charge in [0, 0.05) is 19.5 Å². The molecule has 0 aromatic rings. The van der Waals surface area contributed by atoms with Crippen LogP contribution in [0.1, 0.15) is 65.7 Å². The van der Waals surface area contributed by atoms with Crippen LogP contribution < -0.4 is 33.2 Å². The normalized spacial score (nSPS) is 18.7. The maximum absolute atomic E-state index is 13.7. The molecule has 43 heavy (non-hydrogen) atoms. The van der Waals surface area contributed by atoms with Gasteiger partial charge in [0.05, 0.1) is 12.1 Å². The van der Waals surface area contributed by atoms with Crippen LogP contribution in [0.2, 0.25) is 0 Å². The number of carboxylic acids is 2. The molecule has 0 unspecified atom stereocenters. The van der Waals surface area contributed by atoms with Crippen molar-refractivity contribution in [1.82, 2.24) is 20.9 Å². The first kappa shape index (κ1) is 37.0. The molecule has 0 aromatic carbocycles. The van der Waals surface area contributed by atoms with Crippen molar-refractivity contribution in [2.75, 3.05) is 13.1 Å². The number of aliphatic hydroxyl groups excluding tert-OH is 1. The van der Waals surface area contributed by atoms with Crippen LogP contribution in [-0.4, -0.2) is 111 Å². The minimum absolute atomic E-state index is 0.0175. The number of amides is 4. The number of hydrogen-bond acceptors (Lipinski definition) is 9. The number of nitrogens with one attached hydrogen (secondary N) is 3. The molecule has 1 saturated heterocycles. The molecule has 7 atom stereocenters. The monoisotopic (exact) mass is 614 g/mol. The van der Waals surface area contributed by atoms with Crippen molar-refractivity contribution in [2.45, 2.75) is 102 Å². The first-order valence-electron chi connectivity index (χ1n) is 14.3. The number of carbonyl (C=O) groups is 6. The molecular weight excluding hydrogens is 568 g/mol. The quantitative estimate of drug-likeness (QED) is 0.0429. The maximum Gasteiger partial charge on any atom is 0.328 e. The minimum atomic E-state index is -1.60. The molecule has 244 valence electrons. The highest BCUT2D eigenvalue weighted by Gasteiger charge is 2.40. The summed E-state index contributed by atoms with van der Waals surface area (Å²) < 4.78 is 0. The second-order valence-corrected chi connectivity index (χ2v) is 10.7. The lowest BCUT2D eigenvalue weighted by molar-refractivity contribution is -0.147. The van der Waals surface area contributed by atoms with Crippen molar-refractivity contribution in [1.29, 1.82) is 0 Å². The Labute approximate surface area is 250 Å². The van der Waals surface area contributed by atoms with Gasteiger partial charge in [-0.15, -0.1) is 0 Å². The zero-order chi connectivity index (χ0) is 32.9. The van der Waals surface area contributed by atoms with Crippen molar-refractivity contribution in [3.05, 3.63) is 0 Å². The number of aliphatic carboxylic acids is 2. The van der Waals surface area contributed by atoms with Crippen LogP contribution in [0, 0.1) is 5.92 Å². The molecular formula is C26H46N8O9. The van der Waals surface area contributed by atoms with Gasteiger partial charge < -0.3 is 53.4 Å². The molecule has 0 aliphatic carbocycles. The van der Waals surface area contributed by atoms with Gasteiger partial charge in [-0.3, -0.25) is 29.0 Å². The highest BCUT2D eigenvalue weighted by molar-refractivity contribution is 5.96. The molecule has 1 aliphatic rings. The largest absolute Gasteiger partial charge is 0.481 e. The smallest absolute Gasteiger partial charge is 0.328 e. The summed E-state index contributed by atoms with van der Waals surface area (Å²) in [6.45, 7) is 5.04.